The smallest absolute Gasteiger partial charge is 0.278 e. The lowest BCUT2D eigenvalue weighted by Crippen LogP contribution is -2.47. The second kappa shape index (κ2) is 8.45. The summed E-state index contributed by atoms with van der Waals surface area (Å²) in [6.45, 7) is 6.74. The maximum Gasteiger partial charge on any atom is 0.278 e. The Morgan fingerprint density at radius 2 is 1.53 bits per heavy atom. The number of methoxy groups -OCH3 is 1. The molecule has 2 aromatic carbocycles. The molecule has 6 nitrogen and oxygen atoms in total. The fraction of sp³-hybridized carbons (Fsp3) is 0.250. The highest BCUT2D eigenvalue weighted by molar-refractivity contribution is 6.36. The van der Waals surface area contributed by atoms with E-state index < -0.39 is 0 Å². The first-order valence-corrected chi connectivity index (χ1v) is 10.1. The molecule has 1 fully saturated rings. The van der Waals surface area contributed by atoms with Crippen molar-refractivity contribution in [3.05, 3.63) is 78.5 Å². The van der Waals surface area contributed by atoms with Crippen LogP contribution in [0.3, 0.4) is 0 Å². The van der Waals surface area contributed by atoms with Gasteiger partial charge in [-0.3, -0.25) is 14.5 Å². The number of piperazine rings is 1. The third-order valence-corrected chi connectivity index (χ3v) is 5.55. The molecule has 0 spiro atoms. The average molecular weight is 403 g/mol. The summed E-state index contributed by atoms with van der Waals surface area (Å²) in [6, 6.07) is 17.6. The maximum absolute atomic E-state index is 13.2. The molecule has 4 rings (SSSR count). The lowest BCUT2D eigenvalue weighted by Gasteiger charge is -2.37. The topological polar surface area (TPSA) is 53.1 Å². The third kappa shape index (κ3) is 3.45. The number of amides is 2. The number of imide groups is 1. The molecule has 6 heteroatoms. The van der Waals surface area contributed by atoms with E-state index in [0.29, 0.717) is 35.7 Å². The Labute approximate surface area is 176 Å². The predicted molar refractivity (Wildman–Crippen MR) is 117 cm³/mol. The van der Waals surface area contributed by atoms with Gasteiger partial charge in [0.1, 0.15) is 11.4 Å². The highest BCUT2D eigenvalue weighted by Gasteiger charge is 2.42. The Bertz CT molecular complexity index is 992. The SMILES string of the molecule is C=CCN1C(=O)C(c2ccccc2OC)=C(N2CCN(c3ccccc3)CC2)C1=O. The molecule has 30 heavy (non-hydrogen) atoms. The number of anilines is 1. The minimum atomic E-state index is -0.301. The van der Waals surface area contributed by atoms with Crippen molar-refractivity contribution >= 4 is 23.1 Å². The number of rotatable bonds is 6. The molecular formula is C24H25N3O3. The van der Waals surface area contributed by atoms with Crippen LogP contribution in [0.4, 0.5) is 5.69 Å². The van der Waals surface area contributed by atoms with Crippen LogP contribution in [0.2, 0.25) is 0 Å². The fourth-order valence-corrected chi connectivity index (χ4v) is 4.07. The Hall–Kier alpha value is -3.54. The van der Waals surface area contributed by atoms with Crippen LogP contribution in [0.5, 0.6) is 5.75 Å². The third-order valence-electron chi connectivity index (χ3n) is 5.55. The minimum Gasteiger partial charge on any atom is -0.496 e. The first-order chi connectivity index (χ1) is 14.7. The number of carbonyl (C=O) groups is 2. The Balaban J connectivity index is 1.69. The van der Waals surface area contributed by atoms with Gasteiger partial charge in [-0.2, -0.15) is 0 Å². The van der Waals surface area contributed by atoms with Gasteiger partial charge in [-0.1, -0.05) is 42.5 Å². The van der Waals surface area contributed by atoms with Gasteiger partial charge in [-0.25, -0.2) is 0 Å². The van der Waals surface area contributed by atoms with E-state index in [1.165, 1.54) is 4.90 Å². The monoisotopic (exact) mass is 403 g/mol. The van der Waals surface area contributed by atoms with Gasteiger partial charge in [0.2, 0.25) is 0 Å². The van der Waals surface area contributed by atoms with Crippen LogP contribution >= 0.6 is 0 Å². The number of nitrogens with zero attached hydrogens (tertiary/aromatic N) is 3. The average Bonchev–Trinajstić information content (AvgIpc) is 3.04. The van der Waals surface area contributed by atoms with Crippen LogP contribution in [0, 0.1) is 0 Å². The second-order valence-electron chi connectivity index (χ2n) is 7.24. The quantitative estimate of drug-likeness (QED) is 0.548. The molecule has 1 saturated heterocycles. The van der Waals surface area contributed by atoms with E-state index in [0.717, 1.165) is 18.8 Å². The van der Waals surface area contributed by atoms with Gasteiger partial charge in [-0.05, 0) is 18.2 Å². The van der Waals surface area contributed by atoms with Crippen molar-refractivity contribution in [2.75, 3.05) is 44.7 Å². The summed E-state index contributed by atoms with van der Waals surface area (Å²) < 4.78 is 5.48. The molecule has 0 unspecified atom stereocenters. The second-order valence-corrected chi connectivity index (χ2v) is 7.24. The Morgan fingerprint density at radius 3 is 2.20 bits per heavy atom. The van der Waals surface area contributed by atoms with Crippen LogP contribution < -0.4 is 9.64 Å². The van der Waals surface area contributed by atoms with Crippen molar-refractivity contribution < 1.29 is 14.3 Å². The largest absolute Gasteiger partial charge is 0.496 e. The van der Waals surface area contributed by atoms with E-state index in [1.54, 1.807) is 19.3 Å². The zero-order valence-corrected chi connectivity index (χ0v) is 17.1. The van der Waals surface area contributed by atoms with Gasteiger partial charge < -0.3 is 14.5 Å². The van der Waals surface area contributed by atoms with Crippen molar-refractivity contribution in [1.29, 1.82) is 0 Å². The first-order valence-electron chi connectivity index (χ1n) is 10.1. The van der Waals surface area contributed by atoms with Crippen LogP contribution in [0.25, 0.3) is 5.57 Å². The molecule has 0 aliphatic carbocycles. The highest BCUT2D eigenvalue weighted by atomic mass is 16.5. The summed E-state index contributed by atoms with van der Waals surface area (Å²) in [4.78, 5) is 32.0. The first kappa shape index (κ1) is 19.8. The zero-order valence-electron chi connectivity index (χ0n) is 17.1. The number of ether oxygens (including phenoxy) is 1. The normalized spacial score (nSPS) is 17.0. The van der Waals surface area contributed by atoms with E-state index in [1.807, 2.05) is 41.3 Å². The molecule has 0 N–H and O–H groups in total. The summed E-state index contributed by atoms with van der Waals surface area (Å²) in [5.41, 5.74) is 2.68. The molecule has 154 valence electrons. The molecule has 2 aliphatic rings. The van der Waals surface area contributed by atoms with E-state index in [9.17, 15) is 9.59 Å². The van der Waals surface area contributed by atoms with Crippen molar-refractivity contribution in [3.8, 4) is 5.75 Å². The number of carbonyl (C=O) groups excluding carboxylic acids is 2. The van der Waals surface area contributed by atoms with Crippen LogP contribution in [0.1, 0.15) is 5.56 Å². The van der Waals surface area contributed by atoms with Crippen molar-refractivity contribution in [1.82, 2.24) is 9.80 Å². The lowest BCUT2D eigenvalue weighted by atomic mass is 10.0. The fourth-order valence-electron chi connectivity index (χ4n) is 4.07. The van der Waals surface area contributed by atoms with Gasteiger partial charge >= 0.3 is 0 Å². The van der Waals surface area contributed by atoms with Gasteiger partial charge in [0.25, 0.3) is 11.8 Å². The van der Waals surface area contributed by atoms with Crippen LogP contribution in [-0.2, 0) is 9.59 Å². The van der Waals surface area contributed by atoms with Crippen LogP contribution in [0.15, 0.2) is 72.9 Å². The molecule has 2 heterocycles. The Morgan fingerprint density at radius 1 is 0.900 bits per heavy atom. The van der Waals surface area contributed by atoms with Crippen LogP contribution in [-0.4, -0.2) is 61.4 Å². The van der Waals surface area contributed by atoms with Crippen molar-refractivity contribution in [3.63, 3.8) is 0 Å². The number of hydrogen-bond acceptors (Lipinski definition) is 5. The summed E-state index contributed by atoms with van der Waals surface area (Å²) >= 11 is 0. The van der Waals surface area contributed by atoms with E-state index >= 15 is 0 Å². The molecule has 2 aromatic rings. The molecule has 0 atom stereocenters. The van der Waals surface area contributed by atoms with Gasteiger partial charge in [0, 0.05) is 44.0 Å². The zero-order chi connectivity index (χ0) is 21.1. The predicted octanol–water partition coefficient (Wildman–Crippen LogP) is 2.78. The summed E-state index contributed by atoms with van der Waals surface area (Å²) in [5, 5.41) is 0. The molecule has 2 amide bonds. The molecule has 0 aromatic heterocycles. The van der Waals surface area contributed by atoms with Gasteiger partial charge in [0.05, 0.1) is 12.7 Å². The van der Waals surface area contributed by atoms with E-state index in [2.05, 4.69) is 23.6 Å². The van der Waals surface area contributed by atoms with E-state index in [-0.39, 0.29) is 18.4 Å². The standard InChI is InChI=1S/C24H25N3O3/c1-3-13-27-23(28)21(19-11-7-8-12-20(19)30-2)22(24(27)29)26-16-14-25(15-17-26)18-9-5-4-6-10-18/h3-12H,1,13-17H2,2H3. The molecule has 0 radical (unpaired) electrons. The number of benzene rings is 2. The summed E-state index contributed by atoms with van der Waals surface area (Å²) in [6.07, 6.45) is 1.58. The summed E-state index contributed by atoms with van der Waals surface area (Å²) in [7, 11) is 1.57. The maximum atomic E-state index is 13.2. The Kier molecular flexibility index (Phi) is 5.57. The van der Waals surface area contributed by atoms with E-state index in [4.69, 9.17) is 4.74 Å². The molecular weight excluding hydrogens is 378 g/mol. The molecule has 0 bridgehead atoms. The highest BCUT2D eigenvalue weighted by Crippen LogP contribution is 2.36. The molecule has 2 aliphatic heterocycles. The van der Waals surface area contributed by atoms with Gasteiger partial charge in [0.15, 0.2) is 0 Å². The van der Waals surface area contributed by atoms with Gasteiger partial charge in [-0.15, -0.1) is 6.58 Å². The lowest BCUT2D eigenvalue weighted by molar-refractivity contribution is -0.136. The van der Waals surface area contributed by atoms with Crippen molar-refractivity contribution in [2.45, 2.75) is 0 Å². The number of hydrogen-bond donors (Lipinski definition) is 0. The number of para-hydroxylation sites is 2. The minimum absolute atomic E-state index is 0.184. The summed E-state index contributed by atoms with van der Waals surface area (Å²) in [5.74, 6) is 0.00776. The van der Waals surface area contributed by atoms with Crippen molar-refractivity contribution in [2.24, 2.45) is 0 Å². The molecule has 0 saturated carbocycles.